The molecule has 0 amide bonds. The van der Waals surface area contributed by atoms with Crippen molar-refractivity contribution in [2.24, 2.45) is 5.41 Å². The Kier molecular flexibility index (Phi) is 8.50. The second kappa shape index (κ2) is 9.31. The maximum absolute atomic E-state index is 6.07. The van der Waals surface area contributed by atoms with Crippen molar-refractivity contribution in [2.75, 3.05) is 59.0 Å². The predicted octanol–water partition coefficient (Wildman–Crippen LogP) is 1.84. The highest BCUT2D eigenvalue weighted by Crippen LogP contribution is 2.27. The van der Waals surface area contributed by atoms with Crippen molar-refractivity contribution in [1.29, 1.82) is 0 Å². The molecule has 2 atom stereocenters. The van der Waals surface area contributed by atoms with Crippen LogP contribution >= 0.6 is 12.4 Å². The highest BCUT2D eigenvalue weighted by Gasteiger charge is 2.33. The van der Waals surface area contributed by atoms with E-state index in [1.807, 2.05) is 0 Å². The molecule has 2 aliphatic rings. The number of rotatable bonds is 8. The molecule has 2 rings (SSSR count). The number of nitrogens with one attached hydrogen (secondary N) is 1. The van der Waals surface area contributed by atoms with Crippen molar-refractivity contribution in [3.63, 3.8) is 0 Å². The molecule has 4 nitrogen and oxygen atoms in total. The molecule has 0 aromatic carbocycles. The molecule has 0 saturated carbocycles. The molecule has 5 heteroatoms. The lowest BCUT2D eigenvalue weighted by molar-refractivity contribution is 0.0419. The Balaban J connectivity index is 0.00000220. The van der Waals surface area contributed by atoms with Gasteiger partial charge in [0.05, 0.1) is 12.7 Å². The minimum absolute atomic E-state index is 0. The van der Waals surface area contributed by atoms with Crippen molar-refractivity contribution < 1.29 is 4.74 Å². The number of hydrogen-bond donors (Lipinski definition) is 1. The van der Waals surface area contributed by atoms with Gasteiger partial charge in [-0.25, -0.2) is 0 Å². The van der Waals surface area contributed by atoms with Crippen LogP contribution in [0.3, 0.4) is 0 Å². The molecular formula is C16H34ClN3O. The summed E-state index contributed by atoms with van der Waals surface area (Å²) >= 11 is 0. The predicted molar refractivity (Wildman–Crippen MR) is 91.4 cm³/mol. The number of likely N-dealkylation sites (tertiary alicyclic amines) is 1. The van der Waals surface area contributed by atoms with Crippen LogP contribution in [0.4, 0.5) is 0 Å². The van der Waals surface area contributed by atoms with E-state index in [1.54, 1.807) is 0 Å². The summed E-state index contributed by atoms with van der Waals surface area (Å²) in [7, 11) is 0. The maximum atomic E-state index is 6.07. The summed E-state index contributed by atoms with van der Waals surface area (Å²) in [6, 6.07) is 0. The van der Waals surface area contributed by atoms with E-state index < -0.39 is 0 Å². The fraction of sp³-hybridized carbons (Fsp3) is 1.00. The minimum atomic E-state index is 0. The van der Waals surface area contributed by atoms with Crippen LogP contribution in [-0.4, -0.2) is 74.9 Å². The molecule has 2 unspecified atom stereocenters. The number of halogens is 1. The second-order valence-electron chi connectivity index (χ2n) is 6.78. The van der Waals surface area contributed by atoms with Crippen molar-refractivity contribution in [2.45, 2.75) is 39.7 Å². The molecule has 0 aromatic heterocycles. The van der Waals surface area contributed by atoms with Crippen LogP contribution in [0.25, 0.3) is 0 Å². The van der Waals surface area contributed by atoms with Crippen LogP contribution in [0, 0.1) is 5.41 Å². The normalized spacial score (nSPS) is 30.0. The van der Waals surface area contributed by atoms with Gasteiger partial charge >= 0.3 is 0 Å². The van der Waals surface area contributed by atoms with E-state index in [2.05, 4.69) is 35.9 Å². The summed E-state index contributed by atoms with van der Waals surface area (Å²) in [5.41, 5.74) is 0.482. The SMILES string of the molecule is CCN(CC)CCOC1CCN(CC2(C)CCNC2)C1.Cl. The van der Waals surface area contributed by atoms with Crippen molar-refractivity contribution >= 4 is 12.4 Å². The van der Waals surface area contributed by atoms with E-state index in [9.17, 15) is 0 Å². The lowest BCUT2D eigenvalue weighted by atomic mass is 9.89. The number of hydrogen-bond acceptors (Lipinski definition) is 4. The first kappa shape index (κ1) is 19.2. The quantitative estimate of drug-likeness (QED) is 0.739. The summed E-state index contributed by atoms with van der Waals surface area (Å²) in [5.74, 6) is 0. The third kappa shape index (κ3) is 6.03. The Labute approximate surface area is 137 Å². The first-order valence-electron chi connectivity index (χ1n) is 8.42. The molecule has 2 heterocycles. The van der Waals surface area contributed by atoms with Crippen LogP contribution in [-0.2, 0) is 4.74 Å². The van der Waals surface area contributed by atoms with E-state index in [-0.39, 0.29) is 12.4 Å². The molecule has 0 bridgehead atoms. The Morgan fingerprint density at radius 3 is 2.71 bits per heavy atom. The Bertz CT molecular complexity index is 281. The molecule has 2 fully saturated rings. The largest absolute Gasteiger partial charge is 0.376 e. The third-order valence-corrected chi connectivity index (χ3v) is 4.95. The van der Waals surface area contributed by atoms with Gasteiger partial charge in [-0.05, 0) is 37.9 Å². The highest BCUT2D eigenvalue weighted by molar-refractivity contribution is 5.85. The number of likely N-dealkylation sites (N-methyl/N-ethyl adjacent to an activating group) is 1. The van der Waals surface area contributed by atoms with Gasteiger partial charge in [-0.3, -0.25) is 0 Å². The van der Waals surface area contributed by atoms with Crippen molar-refractivity contribution in [3.05, 3.63) is 0 Å². The Morgan fingerprint density at radius 1 is 1.33 bits per heavy atom. The van der Waals surface area contributed by atoms with Crippen LogP contribution < -0.4 is 5.32 Å². The Morgan fingerprint density at radius 2 is 2.10 bits per heavy atom. The Hall–Kier alpha value is 0.130. The first-order chi connectivity index (χ1) is 9.65. The molecule has 0 aromatic rings. The van der Waals surface area contributed by atoms with E-state index in [0.29, 0.717) is 11.5 Å². The van der Waals surface area contributed by atoms with Gasteiger partial charge < -0.3 is 19.9 Å². The lowest BCUT2D eigenvalue weighted by Gasteiger charge is -2.29. The molecule has 126 valence electrons. The summed E-state index contributed by atoms with van der Waals surface area (Å²) in [6.07, 6.45) is 2.99. The zero-order valence-corrected chi connectivity index (χ0v) is 14.9. The van der Waals surface area contributed by atoms with E-state index in [4.69, 9.17) is 4.74 Å². The first-order valence-corrected chi connectivity index (χ1v) is 8.42. The molecule has 0 spiro atoms. The monoisotopic (exact) mass is 319 g/mol. The molecule has 21 heavy (non-hydrogen) atoms. The molecule has 1 N–H and O–H groups in total. The minimum Gasteiger partial charge on any atom is -0.376 e. The third-order valence-electron chi connectivity index (χ3n) is 4.95. The topological polar surface area (TPSA) is 27.7 Å². The van der Waals surface area contributed by atoms with E-state index in [0.717, 1.165) is 32.8 Å². The number of nitrogens with zero attached hydrogens (tertiary/aromatic N) is 2. The van der Waals surface area contributed by atoms with Crippen molar-refractivity contribution in [1.82, 2.24) is 15.1 Å². The summed E-state index contributed by atoms with van der Waals surface area (Å²) in [6.45, 7) is 17.0. The van der Waals surface area contributed by atoms with Gasteiger partial charge in [-0.1, -0.05) is 20.8 Å². The van der Waals surface area contributed by atoms with Gasteiger partial charge in [-0.2, -0.15) is 0 Å². The van der Waals surface area contributed by atoms with Crippen LogP contribution in [0.2, 0.25) is 0 Å². The van der Waals surface area contributed by atoms with E-state index >= 15 is 0 Å². The lowest BCUT2D eigenvalue weighted by Crippen LogP contribution is -2.37. The zero-order valence-electron chi connectivity index (χ0n) is 14.1. The molecule has 0 aliphatic carbocycles. The fourth-order valence-electron chi connectivity index (χ4n) is 3.51. The highest BCUT2D eigenvalue weighted by atomic mass is 35.5. The molecule has 0 radical (unpaired) electrons. The average Bonchev–Trinajstić information content (AvgIpc) is 3.05. The van der Waals surface area contributed by atoms with Crippen molar-refractivity contribution in [3.8, 4) is 0 Å². The standard InChI is InChI=1S/C16H33N3O.ClH/c1-4-18(5-2)10-11-20-15-6-9-19(12-15)14-16(3)7-8-17-13-16;/h15,17H,4-14H2,1-3H3;1H. The van der Waals surface area contributed by atoms with Crippen LogP contribution in [0.1, 0.15) is 33.6 Å². The molecule has 2 saturated heterocycles. The van der Waals surface area contributed by atoms with Gasteiger partial charge in [0.25, 0.3) is 0 Å². The summed E-state index contributed by atoms with van der Waals surface area (Å²) < 4.78 is 6.07. The van der Waals surface area contributed by atoms with Gasteiger partial charge in [-0.15, -0.1) is 12.4 Å². The maximum Gasteiger partial charge on any atom is 0.0714 e. The van der Waals surface area contributed by atoms with Crippen LogP contribution in [0.15, 0.2) is 0 Å². The van der Waals surface area contributed by atoms with Gasteiger partial charge in [0, 0.05) is 32.7 Å². The molecular weight excluding hydrogens is 286 g/mol. The van der Waals surface area contributed by atoms with Crippen LogP contribution in [0.5, 0.6) is 0 Å². The van der Waals surface area contributed by atoms with E-state index in [1.165, 1.54) is 39.0 Å². The van der Waals surface area contributed by atoms with Gasteiger partial charge in [0.2, 0.25) is 0 Å². The summed E-state index contributed by atoms with van der Waals surface area (Å²) in [5, 5.41) is 3.49. The second-order valence-corrected chi connectivity index (χ2v) is 6.78. The summed E-state index contributed by atoms with van der Waals surface area (Å²) in [4.78, 5) is 5.03. The smallest absolute Gasteiger partial charge is 0.0714 e. The zero-order chi connectivity index (χ0) is 14.4. The fourth-order valence-corrected chi connectivity index (χ4v) is 3.51. The van der Waals surface area contributed by atoms with Gasteiger partial charge in [0.15, 0.2) is 0 Å². The number of ether oxygens (including phenoxy) is 1. The van der Waals surface area contributed by atoms with Gasteiger partial charge in [0.1, 0.15) is 0 Å². The molecule has 2 aliphatic heterocycles. The average molecular weight is 320 g/mol.